The summed E-state index contributed by atoms with van der Waals surface area (Å²) in [5, 5.41) is 15.7. The summed E-state index contributed by atoms with van der Waals surface area (Å²) in [6.07, 6.45) is 5.33. The molecule has 1 aromatic carbocycles. The van der Waals surface area contributed by atoms with E-state index < -0.39 is 0 Å². The van der Waals surface area contributed by atoms with Crippen LogP contribution in [0.2, 0.25) is 0 Å². The van der Waals surface area contributed by atoms with E-state index in [0.29, 0.717) is 29.2 Å². The lowest BCUT2D eigenvalue weighted by Crippen LogP contribution is -2.40. The molecule has 4 rings (SSSR count). The average molecular weight is 402 g/mol. The number of para-hydroxylation sites is 2. The molecule has 0 radical (unpaired) electrons. The maximum absolute atomic E-state index is 12.5. The van der Waals surface area contributed by atoms with E-state index in [-0.39, 0.29) is 11.9 Å². The number of fused-ring (bicyclic) bond motifs is 2. The number of tetrazole rings is 1. The Bertz CT molecular complexity index is 826. The highest BCUT2D eigenvalue weighted by Crippen LogP contribution is 2.49. The second kappa shape index (κ2) is 8.51. The minimum absolute atomic E-state index is 0.0351. The Morgan fingerprint density at radius 1 is 1.36 bits per heavy atom. The first-order chi connectivity index (χ1) is 13.7. The molecule has 2 bridgehead atoms. The summed E-state index contributed by atoms with van der Waals surface area (Å²) >= 11 is 1.34. The third kappa shape index (κ3) is 4.01. The van der Waals surface area contributed by atoms with Crippen LogP contribution in [0.3, 0.4) is 0 Å². The molecule has 1 heterocycles. The number of thioether (sulfide) groups is 1. The summed E-state index contributed by atoms with van der Waals surface area (Å²) in [5.74, 6) is 3.37. The van der Waals surface area contributed by atoms with E-state index >= 15 is 0 Å². The van der Waals surface area contributed by atoms with Gasteiger partial charge in [0.05, 0.1) is 12.4 Å². The van der Waals surface area contributed by atoms with Gasteiger partial charge in [-0.3, -0.25) is 4.79 Å². The van der Waals surface area contributed by atoms with Crippen LogP contribution < -0.4 is 10.1 Å². The maximum atomic E-state index is 12.5. The van der Waals surface area contributed by atoms with Crippen molar-refractivity contribution in [2.24, 2.45) is 17.8 Å². The van der Waals surface area contributed by atoms with Crippen molar-refractivity contribution in [1.29, 1.82) is 0 Å². The molecule has 2 fully saturated rings. The molecular formula is C20H27N5O2S. The van der Waals surface area contributed by atoms with Crippen molar-refractivity contribution < 1.29 is 9.53 Å². The van der Waals surface area contributed by atoms with E-state index in [9.17, 15) is 4.79 Å². The number of carbonyl (C=O) groups excluding carboxylic acids is 1. The van der Waals surface area contributed by atoms with Gasteiger partial charge < -0.3 is 10.1 Å². The molecular weight excluding hydrogens is 374 g/mol. The molecule has 0 spiro atoms. The molecule has 1 aromatic heterocycles. The molecule has 2 aliphatic carbocycles. The minimum Gasteiger partial charge on any atom is -0.492 e. The normalized spacial score (nSPS) is 24.3. The van der Waals surface area contributed by atoms with Gasteiger partial charge in [0.1, 0.15) is 11.4 Å². The molecule has 150 valence electrons. The number of amides is 1. The fraction of sp³-hybridized carbons (Fsp3) is 0.600. The summed E-state index contributed by atoms with van der Waals surface area (Å²) in [6.45, 7) is 4.65. The number of nitrogens with one attached hydrogen (secondary N) is 1. The van der Waals surface area contributed by atoms with Gasteiger partial charge in [0, 0.05) is 6.04 Å². The van der Waals surface area contributed by atoms with E-state index in [0.717, 1.165) is 17.5 Å². The number of ether oxygens (including phenoxy) is 1. The predicted octanol–water partition coefficient (Wildman–Crippen LogP) is 3.09. The van der Waals surface area contributed by atoms with Crippen LogP contribution in [0.5, 0.6) is 5.75 Å². The van der Waals surface area contributed by atoms with Gasteiger partial charge in [-0.1, -0.05) is 30.3 Å². The second-order valence-electron chi connectivity index (χ2n) is 7.76. The maximum Gasteiger partial charge on any atom is 0.230 e. The second-order valence-corrected chi connectivity index (χ2v) is 8.70. The molecule has 0 saturated heterocycles. The van der Waals surface area contributed by atoms with E-state index in [4.69, 9.17) is 4.74 Å². The van der Waals surface area contributed by atoms with Crippen LogP contribution in [0.25, 0.3) is 5.69 Å². The number of rotatable bonds is 8. The smallest absolute Gasteiger partial charge is 0.230 e. The Balaban J connectivity index is 1.36. The number of hydrogen-bond acceptors (Lipinski definition) is 6. The lowest BCUT2D eigenvalue weighted by molar-refractivity contribution is -0.119. The monoisotopic (exact) mass is 401 g/mol. The van der Waals surface area contributed by atoms with Crippen LogP contribution in [0.15, 0.2) is 29.4 Å². The largest absolute Gasteiger partial charge is 0.492 e. The molecule has 4 atom stereocenters. The van der Waals surface area contributed by atoms with Gasteiger partial charge in [-0.15, -0.1) is 5.10 Å². The summed E-state index contributed by atoms with van der Waals surface area (Å²) in [4.78, 5) is 12.5. The highest BCUT2D eigenvalue weighted by atomic mass is 32.2. The van der Waals surface area contributed by atoms with E-state index in [1.165, 1.54) is 37.4 Å². The van der Waals surface area contributed by atoms with Crippen LogP contribution in [0.4, 0.5) is 0 Å². The first kappa shape index (κ1) is 19.2. The number of hydrogen-bond donors (Lipinski definition) is 1. The molecule has 28 heavy (non-hydrogen) atoms. The molecule has 7 nitrogen and oxygen atoms in total. The van der Waals surface area contributed by atoms with Crippen LogP contribution in [0.1, 0.15) is 39.5 Å². The average Bonchev–Trinajstić information content (AvgIpc) is 3.44. The van der Waals surface area contributed by atoms with Crippen LogP contribution >= 0.6 is 11.8 Å². The Kier molecular flexibility index (Phi) is 5.85. The molecule has 4 unspecified atom stereocenters. The number of aromatic nitrogens is 4. The zero-order valence-electron chi connectivity index (χ0n) is 16.4. The van der Waals surface area contributed by atoms with Gasteiger partial charge in [-0.05, 0) is 73.4 Å². The molecule has 2 saturated carbocycles. The van der Waals surface area contributed by atoms with Crippen molar-refractivity contribution in [3.63, 3.8) is 0 Å². The van der Waals surface area contributed by atoms with Gasteiger partial charge >= 0.3 is 0 Å². The van der Waals surface area contributed by atoms with Gasteiger partial charge in [0.25, 0.3) is 0 Å². The van der Waals surface area contributed by atoms with Crippen molar-refractivity contribution >= 4 is 17.7 Å². The van der Waals surface area contributed by atoms with Crippen molar-refractivity contribution in [3.05, 3.63) is 24.3 Å². The number of benzene rings is 1. The Labute approximate surface area is 169 Å². The highest BCUT2D eigenvalue weighted by Gasteiger charge is 2.42. The van der Waals surface area contributed by atoms with Crippen molar-refractivity contribution in [1.82, 2.24) is 25.5 Å². The van der Waals surface area contributed by atoms with E-state index in [2.05, 4.69) is 27.8 Å². The number of nitrogens with zero attached hydrogens (tertiary/aromatic N) is 4. The quantitative estimate of drug-likeness (QED) is 0.685. The van der Waals surface area contributed by atoms with Gasteiger partial charge in [-0.25, -0.2) is 0 Å². The van der Waals surface area contributed by atoms with E-state index in [1.54, 1.807) is 4.68 Å². The SMILES string of the molecule is CCOc1ccccc1-n1nnnc1SCC(=O)NC(C)C1CC2CCC1C2. The van der Waals surface area contributed by atoms with Gasteiger partial charge in [-0.2, -0.15) is 4.68 Å². The van der Waals surface area contributed by atoms with Crippen molar-refractivity contribution in [2.75, 3.05) is 12.4 Å². The molecule has 1 amide bonds. The summed E-state index contributed by atoms with van der Waals surface area (Å²) in [6, 6.07) is 7.85. The summed E-state index contributed by atoms with van der Waals surface area (Å²) < 4.78 is 7.30. The molecule has 2 aliphatic rings. The Hall–Kier alpha value is -2.09. The minimum atomic E-state index is 0.0351. The standard InChI is InChI=1S/C20H27N5O2S/c1-3-27-18-7-5-4-6-17(18)25-20(22-23-24-25)28-12-19(26)21-13(2)16-11-14-8-9-15(16)10-14/h4-7,13-16H,3,8-12H2,1-2H3,(H,21,26). The van der Waals surface area contributed by atoms with Crippen LogP contribution in [-0.4, -0.2) is 44.5 Å². The van der Waals surface area contributed by atoms with Crippen LogP contribution in [0, 0.1) is 17.8 Å². The Morgan fingerprint density at radius 3 is 2.96 bits per heavy atom. The van der Waals surface area contributed by atoms with Crippen molar-refractivity contribution in [2.45, 2.75) is 50.7 Å². The summed E-state index contributed by atoms with van der Waals surface area (Å²) in [5.41, 5.74) is 0.771. The topological polar surface area (TPSA) is 81.9 Å². The third-order valence-corrected chi connectivity index (χ3v) is 6.91. The zero-order chi connectivity index (χ0) is 19.5. The predicted molar refractivity (Wildman–Crippen MR) is 108 cm³/mol. The lowest BCUT2D eigenvalue weighted by atomic mass is 9.84. The fourth-order valence-corrected chi connectivity index (χ4v) is 5.46. The highest BCUT2D eigenvalue weighted by molar-refractivity contribution is 7.99. The lowest BCUT2D eigenvalue weighted by Gasteiger charge is -2.28. The molecule has 1 N–H and O–H groups in total. The first-order valence-electron chi connectivity index (χ1n) is 10.1. The van der Waals surface area contributed by atoms with Gasteiger partial charge in [0.2, 0.25) is 11.1 Å². The fourth-order valence-electron chi connectivity index (χ4n) is 4.77. The zero-order valence-corrected chi connectivity index (χ0v) is 17.2. The molecule has 0 aliphatic heterocycles. The first-order valence-corrected chi connectivity index (χ1v) is 11.1. The Morgan fingerprint density at radius 2 is 2.21 bits per heavy atom. The molecule has 2 aromatic rings. The molecule has 8 heteroatoms. The van der Waals surface area contributed by atoms with Gasteiger partial charge in [0.15, 0.2) is 0 Å². The number of carbonyl (C=O) groups is 1. The van der Waals surface area contributed by atoms with Crippen LogP contribution in [-0.2, 0) is 4.79 Å². The van der Waals surface area contributed by atoms with Crippen molar-refractivity contribution in [3.8, 4) is 11.4 Å². The third-order valence-electron chi connectivity index (χ3n) is 5.99. The van der Waals surface area contributed by atoms with E-state index in [1.807, 2.05) is 31.2 Å². The summed E-state index contributed by atoms with van der Waals surface area (Å²) in [7, 11) is 0.